The first kappa shape index (κ1) is 20.3. The molecular formula is C21H25N3O3. The number of hydrogen-bond donors (Lipinski definition) is 1. The highest BCUT2D eigenvalue weighted by Gasteiger charge is 2.07. The molecule has 2 aromatic rings. The third-order valence-corrected chi connectivity index (χ3v) is 3.89. The molecule has 0 aliphatic rings. The zero-order valence-corrected chi connectivity index (χ0v) is 15.6. The molecule has 0 aliphatic heterocycles. The maximum Gasteiger partial charge on any atom is 0.333 e. The number of amides is 1. The summed E-state index contributed by atoms with van der Waals surface area (Å²) in [5, 5.41) is 2.89. The van der Waals surface area contributed by atoms with E-state index in [1.807, 2.05) is 18.2 Å². The Kier molecular flexibility index (Phi) is 8.16. The summed E-state index contributed by atoms with van der Waals surface area (Å²) >= 11 is 0. The first-order valence-electron chi connectivity index (χ1n) is 9.06. The molecule has 0 atom stereocenters. The summed E-state index contributed by atoms with van der Waals surface area (Å²) in [6.07, 6.45) is 6.87. The Hall–Kier alpha value is -3.02. The molecule has 0 fully saturated rings. The average molecular weight is 367 g/mol. The van der Waals surface area contributed by atoms with Crippen molar-refractivity contribution < 1.29 is 14.3 Å². The second kappa shape index (κ2) is 10.9. The molecule has 0 bridgehead atoms. The first-order chi connectivity index (χ1) is 13.1. The highest BCUT2D eigenvalue weighted by atomic mass is 16.5. The molecule has 0 radical (unpaired) electrons. The van der Waals surface area contributed by atoms with Gasteiger partial charge in [0.1, 0.15) is 0 Å². The van der Waals surface area contributed by atoms with Crippen LogP contribution in [-0.2, 0) is 9.53 Å². The summed E-state index contributed by atoms with van der Waals surface area (Å²) in [5.41, 5.74) is 2.46. The number of hydrogen-bond acceptors (Lipinski definition) is 5. The van der Waals surface area contributed by atoms with Crippen molar-refractivity contribution in [2.75, 3.05) is 13.2 Å². The SMILES string of the molecule is C=C(C)C(=O)OCCCCCCNC(=O)c1ccc(-c2ccccn2)nc1. The molecule has 1 amide bonds. The zero-order chi connectivity index (χ0) is 19.5. The zero-order valence-electron chi connectivity index (χ0n) is 15.6. The lowest BCUT2D eigenvalue weighted by atomic mass is 10.2. The van der Waals surface area contributed by atoms with Gasteiger partial charge in [-0.05, 0) is 50.5 Å². The van der Waals surface area contributed by atoms with Gasteiger partial charge >= 0.3 is 5.97 Å². The van der Waals surface area contributed by atoms with Gasteiger partial charge in [-0.15, -0.1) is 0 Å². The van der Waals surface area contributed by atoms with E-state index in [-0.39, 0.29) is 11.9 Å². The second-order valence-electron chi connectivity index (χ2n) is 6.23. The van der Waals surface area contributed by atoms with Crippen LogP contribution in [0.25, 0.3) is 11.4 Å². The number of nitrogens with one attached hydrogen (secondary N) is 1. The monoisotopic (exact) mass is 367 g/mol. The Labute approximate surface area is 159 Å². The van der Waals surface area contributed by atoms with Gasteiger partial charge in [0, 0.05) is 24.5 Å². The standard InChI is InChI=1S/C21H25N3O3/c1-16(2)21(26)27-14-8-4-3-6-13-23-20(25)17-10-11-19(24-15-17)18-9-5-7-12-22-18/h5,7,9-12,15H,1,3-4,6,8,13-14H2,2H3,(H,23,25). The number of carbonyl (C=O) groups excluding carboxylic acids is 2. The Morgan fingerprint density at radius 2 is 1.81 bits per heavy atom. The van der Waals surface area contributed by atoms with Crippen LogP contribution < -0.4 is 5.32 Å². The topological polar surface area (TPSA) is 81.2 Å². The molecule has 6 heteroatoms. The van der Waals surface area contributed by atoms with Crippen LogP contribution in [0.5, 0.6) is 0 Å². The van der Waals surface area contributed by atoms with Crippen LogP contribution >= 0.6 is 0 Å². The molecule has 0 aliphatic carbocycles. The van der Waals surface area contributed by atoms with E-state index in [1.165, 1.54) is 0 Å². The van der Waals surface area contributed by atoms with E-state index < -0.39 is 0 Å². The lowest BCUT2D eigenvalue weighted by Gasteiger charge is -2.06. The van der Waals surface area contributed by atoms with Crippen molar-refractivity contribution in [3.8, 4) is 11.4 Å². The van der Waals surface area contributed by atoms with Gasteiger partial charge in [-0.1, -0.05) is 19.1 Å². The summed E-state index contributed by atoms with van der Waals surface area (Å²) in [6.45, 7) is 6.18. The van der Waals surface area contributed by atoms with Crippen LogP contribution in [0.4, 0.5) is 0 Å². The molecule has 2 rings (SSSR count). The van der Waals surface area contributed by atoms with Gasteiger partial charge in [0.2, 0.25) is 0 Å². The van der Waals surface area contributed by atoms with Gasteiger partial charge < -0.3 is 10.1 Å². The summed E-state index contributed by atoms with van der Waals surface area (Å²) < 4.78 is 5.03. The minimum atomic E-state index is -0.343. The Morgan fingerprint density at radius 3 is 2.48 bits per heavy atom. The van der Waals surface area contributed by atoms with E-state index in [0.717, 1.165) is 37.1 Å². The van der Waals surface area contributed by atoms with Crippen molar-refractivity contribution in [1.82, 2.24) is 15.3 Å². The largest absolute Gasteiger partial charge is 0.462 e. The van der Waals surface area contributed by atoms with Crippen molar-refractivity contribution in [3.05, 3.63) is 60.4 Å². The molecule has 0 saturated carbocycles. The normalized spacial score (nSPS) is 10.3. The fourth-order valence-electron chi connectivity index (χ4n) is 2.37. The molecule has 0 aromatic carbocycles. The lowest BCUT2D eigenvalue weighted by molar-refractivity contribution is -0.139. The lowest BCUT2D eigenvalue weighted by Crippen LogP contribution is -2.24. The molecule has 0 unspecified atom stereocenters. The fraction of sp³-hybridized carbons (Fsp3) is 0.333. The predicted octanol–water partition coefficient (Wildman–Crippen LogP) is 3.55. The van der Waals surface area contributed by atoms with Crippen LogP contribution in [0.15, 0.2) is 54.9 Å². The minimum absolute atomic E-state index is 0.134. The molecule has 1 N–H and O–H groups in total. The van der Waals surface area contributed by atoms with Crippen molar-refractivity contribution in [2.45, 2.75) is 32.6 Å². The van der Waals surface area contributed by atoms with Gasteiger partial charge in [-0.25, -0.2) is 4.79 Å². The molecule has 2 aromatic heterocycles. The summed E-state index contributed by atoms with van der Waals surface area (Å²) in [4.78, 5) is 31.9. The highest BCUT2D eigenvalue weighted by Crippen LogP contribution is 2.13. The molecule has 27 heavy (non-hydrogen) atoms. The van der Waals surface area contributed by atoms with Gasteiger partial charge in [0.15, 0.2) is 0 Å². The smallest absolute Gasteiger partial charge is 0.333 e. The summed E-state index contributed by atoms with van der Waals surface area (Å²) in [7, 11) is 0. The Bertz CT molecular complexity index is 758. The number of unbranched alkanes of at least 4 members (excludes halogenated alkanes) is 3. The number of carbonyl (C=O) groups is 2. The number of pyridine rings is 2. The van der Waals surface area contributed by atoms with E-state index in [2.05, 4.69) is 21.9 Å². The van der Waals surface area contributed by atoms with Gasteiger partial charge in [0.05, 0.1) is 23.6 Å². The van der Waals surface area contributed by atoms with Gasteiger partial charge in [-0.3, -0.25) is 14.8 Å². The molecule has 6 nitrogen and oxygen atoms in total. The number of esters is 1. The Morgan fingerprint density at radius 1 is 1.04 bits per heavy atom. The third kappa shape index (κ3) is 7.01. The van der Waals surface area contributed by atoms with E-state index in [9.17, 15) is 9.59 Å². The van der Waals surface area contributed by atoms with Crippen LogP contribution in [-0.4, -0.2) is 35.0 Å². The number of aromatic nitrogens is 2. The van der Waals surface area contributed by atoms with Crippen LogP contribution in [0.2, 0.25) is 0 Å². The molecule has 142 valence electrons. The van der Waals surface area contributed by atoms with E-state index >= 15 is 0 Å². The molecule has 0 spiro atoms. The third-order valence-electron chi connectivity index (χ3n) is 3.89. The average Bonchev–Trinajstić information content (AvgIpc) is 2.70. The maximum absolute atomic E-state index is 12.1. The van der Waals surface area contributed by atoms with Crippen molar-refractivity contribution >= 4 is 11.9 Å². The van der Waals surface area contributed by atoms with Crippen molar-refractivity contribution in [2.24, 2.45) is 0 Å². The predicted molar refractivity (Wildman–Crippen MR) is 104 cm³/mol. The van der Waals surface area contributed by atoms with Crippen LogP contribution in [0.1, 0.15) is 43.0 Å². The van der Waals surface area contributed by atoms with Gasteiger partial charge in [0.25, 0.3) is 5.91 Å². The van der Waals surface area contributed by atoms with Crippen molar-refractivity contribution in [3.63, 3.8) is 0 Å². The maximum atomic E-state index is 12.1. The van der Waals surface area contributed by atoms with Crippen LogP contribution in [0, 0.1) is 0 Å². The quantitative estimate of drug-likeness (QED) is 0.394. The first-order valence-corrected chi connectivity index (χ1v) is 9.06. The summed E-state index contributed by atoms with van der Waals surface area (Å²) in [5.74, 6) is -0.476. The fourth-order valence-corrected chi connectivity index (χ4v) is 2.37. The van der Waals surface area contributed by atoms with E-state index in [1.54, 1.807) is 31.5 Å². The van der Waals surface area contributed by atoms with E-state index in [4.69, 9.17) is 4.74 Å². The molecular weight excluding hydrogens is 342 g/mol. The number of ether oxygens (including phenoxy) is 1. The summed E-state index contributed by atoms with van der Waals surface area (Å²) in [6, 6.07) is 9.17. The van der Waals surface area contributed by atoms with Crippen molar-refractivity contribution in [1.29, 1.82) is 0 Å². The number of nitrogens with zero attached hydrogens (tertiary/aromatic N) is 2. The minimum Gasteiger partial charge on any atom is -0.462 e. The number of rotatable bonds is 10. The second-order valence-corrected chi connectivity index (χ2v) is 6.23. The van der Waals surface area contributed by atoms with Crippen LogP contribution in [0.3, 0.4) is 0 Å². The van der Waals surface area contributed by atoms with E-state index in [0.29, 0.717) is 24.3 Å². The Balaban J connectivity index is 1.62. The molecule has 0 saturated heterocycles. The van der Waals surface area contributed by atoms with Gasteiger partial charge in [-0.2, -0.15) is 0 Å². The highest BCUT2D eigenvalue weighted by molar-refractivity contribution is 5.94. The molecule has 2 heterocycles.